The molecule has 6 nitrogen and oxygen atoms in total. The number of Topliss-reactive ketones (excluding diaryl/α,β-unsaturated/α-hetero) is 1. The van der Waals surface area contributed by atoms with Crippen molar-refractivity contribution in [3.63, 3.8) is 0 Å². The molecule has 0 radical (unpaired) electrons. The van der Waals surface area contributed by atoms with E-state index in [-0.39, 0.29) is 26.1 Å². The Morgan fingerprint density at radius 2 is 1.94 bits per heavy atom. The molecular weight excluding hydrogens is 240 g/mol. The van der Waals surface area contributed by atoms with Crippen LogP contribution < -0.4 is 0 Å². The van der Waals surface area contributed by atoms with Crippen LogP contribution in [-0.2, 0) is 23.9 Å². The summed E-state index contributed by atoms with van der Waals surface area (Å²) in [4.78, 5) is 32.7. The first kappa shape index (κ1) is 16.3. The van der Waals surface area contributed by atoms with Gasteiger partial charge in [0.05, 0.1) is 12.7 Å². The van der Waals surface area contributed by atoms with Crippen LogP contribution in [-0.4, -0.2) is 42.1 Å². The summed E-state index contributed by atoms with van der Waals surface area (Å²) in [7, 11) is 0. The third-order valence-corrected chi connectivity index (χ3v) is 1.82. The SMILES string of the molecule is CCOC(=O)CC(=O)C[C@H](O)/C=C/COC(C)=O. The third kappa shape index (κ3) is 9.53. The van der Waals surface area contributed by atoms with Crippen LogP contribution in [0.25, 0.3) is 0 Å². The Bertz CT molecular complexity index is 321. The van der Waals surface area contributed by atoms with Gasteiger partial charge in [0, 0.05) is 13.3 Å². The fourth-order valence-corrected chi connectivity index (χ4v) is 1.12. The zero-order chi connectivity index (χ0) is 14.0. The van der Waals surface area contributed by atoms with E-state index in [9.17, 15) is 19.5 Å². The molecule has 18 heavy (non-hydrogen) atoms. The molecule has 0 bridgehead atoms. The average molecular weight is 258 g/mol. The Morgan fingerprint density at radius 1 is 1.28 bits per heavy atom. The monoisotopic (exact) mass is 258 g/mol. The molecule has 0 aliphatic heterocycles. The molecule has 0 aromatic carbocycles. The van der Waals surface area contributed by atoms with Crippen molar-refractivity contribution in [2.24, 2.45) is 0 Å². The van der Waals surface area contributed by atoms with Crippen LogP contribution in [0.4, 0.5) is 0 Å². The molecule has 0 saturated heterocycles. The Morgan fingerprint density at radius 3 is 2.50 bits per heavy atom. The predicted molar refractivity (Wildman–Crippen MR) is 62.7 cm³/mol. The highest BCUT2D eigenvalue weighted by Crippen LogP contribution is 2.00. The van der Waals surface area contributed by atoms with E-state index < -0.39 is 23.8 Å². The molecule has 0 aromatic rings. The second-order valence-electron chi connectivity index (χ2n) is 3.52. The van der Waals surface area contributed by atoms with Gasteiger partial charge in [-0.25, -0.2) is 0 Å². The number of hydrogen-bond donors (Lipinski definition) is 1. The van der Waals surface area contributed by atoms with E-state index in [1.165, 1.54) is 19.1 Å². The lowest BCUT2D eigenvalue weighted by atomic mass is 10.1. The van der Waals surface area contributed by atoms with E-state index in [4.69, 9.17) is 0 Å². The third-order valence-electron chi connectivity index (χ3n) is 1.82. The topological polar surface area (TPSA) is 89.9 Å². The number of esters is 2. The van der Waals surface area contributed by atoms with Gasteiger partial charge >= 0.3 is 11.9 Å². The summed E-state index contributed by atoms with van der Waals surface area (Å²) in [6.07, 6.45) is 1.26. The van der Waals surface area contributed by atoms with Crippen molar-refractivity contribution in [1.29, 1.82) is 0 Å². The van der Waals surface area contributed by atoms with Gasteiger partial charge in [-0.3, -0.25) is 14.4 Å². The first-order valence-corrected chi connectivity index (χ1v) is 5.61. The fourth-order valence-electron chi connectivity index (χ4n) is 1.12. The van der Waals surface area contributed by atoms with Gasteiger partial charge in [-0.1, -0.05) is 6.08 Å². The lowest BCUT2D eigenvalue weighted by molar-refractivity contribution is -0.146. The van der Waals surface area contributed by atoms with E-state index in [1.54, 1.807) is 6.92 Å². The van der Waals surface area contributed by atoms with Crippen LogP contribution in [0, 0.1) is 0 Å². The van der Waals surface area contributed by atoms with Crippen molar-refractivity contribution in [3.05, 3.63) is 12.2 Å². The van der Waals surface area contributed by atoms with Crippen molar-refractivity contribution in [2.45, 2.75) is 32.8 Å². The van der Waals surface area contributed by atoms with E-state index in [2.05, 4.69) is 9.47 Å². The average Bonchev–Trinajstić information content (AvgIpc) is 2.24. The second-order valence-corrected chi connectivity index (χ2v) is 3.52. The van der Waals surface area contributed by atoms with Gasteiger partial charge in [-0.05, 0) is 13.0 Å². The zero-order valence-corrected chi connectivity index (χ0v) is 10.5. The minimum Gasteiger partial charge on any atom is -0.466 e. The number of hydrogen-bond acceptors (Lipinski definition) is 6. The molecule has 0 aliphatic carbocycles. The molecule has 0 heterocycles. The summed E-state index contributed by atoms with van der Waals surface area (Å²) in [6.45, 7) is 3.18. The molecule has 6 heteroatoms. The zero-order valence-electron chi connectivity index (χ0n) is 10.5. The number of rotatable bonds is 8. The number of ketones is 1. The van der Waals surface area contributed by atoms with Crippen LogP contribution >= 0.6 is 0 Å². The summed E-state index contributed by atoms with van der Waals surface area (Å²) in [5, 5.41) is 9.43. The minimum atomic E-state index is -0.998. The molecule has 0 rings (SSSR count). The molecule has 102 valence electrons. The second kappa shape index (κ2) is 9.35. The predicted octanol–water partition coefficient (Wildman–Crippen LogP) is 0.379. The van der Waals surface area contributed by atoms with Gasteiger partial charge in [0.1, 0.15) is 18.8 Å². The van der Waals surface area contributed by atoms with Crippen LogP contribution in [0.2, 0.25) is 0 Å². The molecule has 0 saturated carbocycles. The summed E-state index contributed by atoms with van der Waals surface area (Å²) >= 11 is 0. The number of ether oxygens (including phenoxy) is 2. The summed E-state index contributed by atoms with van der Waals surface area (Å²) < 4.78 is 9.20. The normalized spacial score (nSPS) is 12.2. The van der Waals surface area contributed by atoms with Crippen LogP contribution in [0.5, 0.6) is 0 Å². The standard InChI is InChI=1S/C12H18O6/c1-3-17-12(16)8-11(15)7-10(14)5-4-6-18-9(2)13/h4-5,10,14H,3,6-8H2,1-2H3/b5-4+/t10-/m1/s1. The van der Waals surface area contributed by atoms with Crippen LogP contribution in [0.3, 0.4) is 0 Å². The van der Waals surface area contributed by atoms with Gasteiger partial charge < -0.3 is 14.6 Å². The quantitative estimate of drug-likeness (QED) is 0.384. The molecule has 0 aromatic heterocycles. The van der Waals surface area contributed by atoms with Crippen LogP contribution in [0.1, 0.15) is 26.7 Å². The molecule has 1 N–H and O–H groups in total. The Hall–Kier alpha value is -1.69. The number of aliphatic hydroxyl groups is 1. The fraction of sp³-hybridized carbons (Fsp3) is 0.583. The van der Waals surface area contributed by atoms with Gasteiger partial charge in [0.15, 0.2) is 0 Å². The highest BCUT2D eigenvalue weighted by atomic mass is 16.5. The van der Waals surface area contributed by atoms with Gasteiger partial charge in [-0.2, -0.15) is 0 Å². The smallest absolute Gasteiger partial charge is 0.313 e. The Kier molecular flexibility index (Phi) is 8.47. The first-order chi connectivity index (χ1) is 8.45. The maximum absolute atomic E-state index is 11.3. The molecule has 0 unspecified atom stereocenters. The van der Waals surface area contributed by atoms with Crippen molar-refractivity contribution >= 4 is 17.7 Å². The number of carbonyl (C=O) groups excluding carboxylic acids is 3. The maximum atomic E-state index is 11.3. The van der Waals surface area contributed by atoms with Crippen molar-refractivity contribution in [2.75, 3.05) is 13.2 Å². The highest BCUT2D eigenvalue weighted by molar-refractivity contribution is 5.95. The summed E-state index contributed by atoms with van der Waals surface area (Å²) in [6, 6.07) is 0. The first-order valence-electron chi connectivity index (χ1n) is 5.61. The minimum absolute atomic E-state index is 0.0401. The van der Waals surface area contributed by atoms with Gasteiger partial charge in [0.25, 0.3) is 0 Å². The van der Waals surface area contributed by atoms with Crippen molar-refractivity contribution in [3.8, 4) is 0 Å². The molecule has 0 fully saturated rings. The molecule has 1 atom stereocenters. The molecule has 0 amide bonds. The summed E-state index contributed by atoms with van der Waals surface area (Å²) in [5.41, 5.74) is 0. The van der Waals surface area contributed by atoms with Crippen LogP contribution in [0.15, 0.2) is 12.2 Å². The molecule has 0 spiro atoms. The van der Waals surface area contributed by atoms with E-state index in [0.717, 1.165) is 0 Å². The largest absolute Gasteiger partial charge is 0.466 e. The van der Waals surface area contributed by atoms with Gasteiger partial charge in [0.2, 0.25) is 0 Å². The Labute approximate surface area is 106 Å². The van der Waals surface area contributed by atoms with E-state index in [1.807, 2.05) is 0 Å². The van der Waals surface area contributed by atoms with Crippen molar-refractivity contribution in [1.82, 2.24) is 0 Å². The van der Waals surface area contributed by atoms with E-state index >= 15 is 0 Å². The molecular formula is C12H18O6. The summed E-state index contributed by atoms with van der Waals surface area (Å²) in [5.74, 6) is -1.43. The van der Waals surface area contributed by atoms with Gasteiger partial charge in [-0.15, -0.1) is 0 Å². The highest BCUT2D eigenvalue weighted by Gasteiger charge is 2.13. The van der Waals surface area contributed by atoms with E-state index in [0.29, 0.717) is 0 Å². The number of aliphatic hydroxyl groups excluding tert-OH is 1. The lowest BCUT2D eigenvalue weighted by Crippen LogP contribution is -2.16. The van der Waals surface area contributed by atoms with Crippen molar-refractivity contribution < 1.29 is 29.0 Å². The molecule has 0 aliphatic rings. The number of carbonyl (C=O) groups is 3. The Balaban J connectivity index is 3.86. The lowest BCUT2D eigenvalue weighted by Gasteiger charge is -2.04. The maximum Gasteiger partial charge on any atom is 0.313 e.